The second kappa shape index (κ2) is 7.26. The topological polar surface area (TPSA) is 13.1 Å². The molecule has 0 fully saturated rings. The molecule has 4 rings (SSSR count). The molecule has 0 N–H and O–H groups in total. The van der Waals surface area contributed by atoms with Gasteiger partial charge in [-0.3, -0.25) is 0 Å². The average molecular weight is 413 g/mol. The van der Waals surface area contributed by atoms with Crippen molar-refractivity contribution >= 4 is 11.6 Å². The third-order valence-electron chi connectivity index (χ3n) is 6.68. The zero-order chi connectivity index (χ0) is 22.7. The molecule has 3 aromatic rings. The van der Waals surface area contributed by atoms with Crippen LogP contribution in [-0.2, 0) is 17.3 Å². The Morgan fingerprint density at radius 2 is 1.35 bits per heavy atom. The van der Waals surface area contributed by atoms with Crippen LogP contribution in [-0.4, -0.2) is 0 Å². The van der Waals surface area contributed by atoms with Crippen molar-refractivity contribution in [1.82, 2.24) is 0 Å². The summed E-state index contributed by atoms with van der Waals surface area (Å²) >= 11 is 0. The summed E-state index contributed by atoms with van der Waals surface area (Å²) in [4.78, 5) is 0. The maximum absolute atomic E-state index is 6.06. The standard InChI is InChI=1S/C30H36O/c1-18-10-11-21-13-22(27-12-19(2)20(3)31-27)16-26(21)28(18)23-14-24(29(4,5)6)17-25(15-23)30(7,8)9/h10-12,14-17H,13H2,1-9H3. The minimum atomic E-state index is 0.103. The summed E-state index contributed by atoms with van der Waals surface area (Å²) in [5.74, 6) is 2.02. The van der Waals surface area contributed by atoms with Crippen molar-refractivity contribution in [1.29, 1.82) is 0 Å². The Hall–Kier alpha value is -2.54. The lowest BCUT2D eigenvalue weighted by Crippen LogP contribution is -2.16. The first-order chi connectivity index (χ1) is 14.3. The zero-order valence-corrected chi connectivity index (χ0v) is 20.7. The van der Waals surface area contributed by atoms with Gasteiger partial charge in [0.1, 0.15) is 11.5 Å². The van der Waals surface area contributed by atoms with Crippen LogP contribution >= 0.6 is 0 Å². The van der Waals surface area contributed by atoms with Crippen LogP contribution in [0.5, 0.6) is 0 Å². The van der Waals surface area contributed by atoms with E-state index in [4.69, 9.17) is 4.42 Å². The van der Waals surface area contributed by atoms with Crippen LogP contribution in [0.15, 0.2) is 40.8 Å². The number of fused-ring (bicyclic) bond motifs is 1. The van der Waals surface area contributed by atoms with E-state index in [1.807, 2.05) is 6.92 Å². The lowest BCUT2D eigenvalue weighted by Gasteiger charge is -2.27. The van der Waals surface area contributed by atoms with Gasteiger partial charge in [0.05, 0.1) is 0 Å². The molecule has 1 aromatic heterocycles. The highest BCUT2D eigenvalue weighted by atomic mass is 16.3. The Morgan fingerprint density at radius 1 is 0.742 bits per heavy atom. The molecule has 162 valence electrons. The summed E-state index contributed by atoms with van der Waals surface area (Å²) in [6, 6.07) is 14.0. The molecule has 1 aliphatic rings. The zero-order valence-electron chi connectivity index (χ0n) is 20.7. The molecular formula is C30H36O. The van der Waals surface area contributed by atoms with Gasteiger partial charge in [0.15, 0.2) is 0 Å². The maximum atomic E-state index is 6.06. The predicted molar refractivity (Wildman–Crippen MR) is 134 cm³/mol. The number of benzene rings is 2. The highest BCUT2D eigenvalue weighted by Crippen LogP contribution is 2.42. The highest BCUT2D eigenvalue weighted by molar-refractivity contribution is 5.94. The van der Waals surface area contributed by atoms with E-state index < -0.39 is 0 Å². The smallest absolute Gasteiger partial charge is 0.130 e. The summed E-state index contributed by atoms with van der Waals surface area (Å²) in [6.45, 7) is 20.2. The van der Waals surface area contributed by atoms with E-state index in [2.05, 4.69) is 97.9 Å². The van der Waals surface area contributed by atoms with Crippen LogP contribution in [0.2, 0.25) is 0 Å². The van der Waals surface area contributed by atoms with Gasteiger partial charge in [-0.25, -0.2) is 0 Å². The predicted octanol–water partition coefficient (Wildman–Crippen LogP) is 8.56. The normalized spacial score (nSPS) is 14.0. The number of hydrogen-bond donors (Lipinski definition) is 0. The van der Waals surface area contributed by atoms with Gasteiger partial charge in [0, 0.05) is 6.42 Å². The lowest BCUT2D eigenvalue weighted by molar-refractivity contribution is 0.518. The van der Waals surface area contributed by atoms with E-state index in [-0.39, 0.29) is 10.8 Å². The van der Waals surface area contributed by atoms with Crippen molar-refractivity contribution in [3.8, 4) is 11.1 Å². The quantitative estimate of drug-likeness (QED) is 0.411. The van der Waals surface area contributed by atoms with E-state index >= 15 is 0 Å². The molecule has 0 aliphatic heterocycles. The second-order valence-electron chi connectivity index (χ2n) is 11.3. The number of rotatable bonds is 2. The number of hydrogen-bond acceptors (Lipinski definition) is 1. The van der Waals surface area contributed by atoms with E-state index in [1.54, 1.807) is 0 Å². The van der Waals surface area contributed by atoms with Crippen LogP contribution in [0.3, 0.4) is 0 Å². The summed E-state index contributed by atoms with van der Waals surface area (Å²) in [6.07, 6.45) is 3.29. The van der Waals surface area contributed by atoms with Gasteiger partial charge in [-0.15, -0.1) is 0 Å². The molecule has 0 spiro atoms. The first kappa shape index (κ1) is 21.7. The number of furan rings is 1. The fourth-order valence-electron chi connectivity index (χ4n) is 4.43. The van der Waals surface area contributed by atoms with Gasteiger partial charge in [0.2, 0.25) is 0 Å². The third kappa shape index (κ3) is 4.03. The molecule has 0 amide bonds. The number of allylic oxidation sites excluding steroid dienone is 1. The Morgan fingerprint density at radius 3 is 1.87 bits per heavy atom. The monoisotopic (exact) mass is 412 g/mol. The second-order valence-corrected chi connectivity index (χ2v) is 11.3. The first-order valence-electron chi connectivity index (χ1n) is 11.4. The summed E-state index contributed by atoms with van der Waals surface area (Å²) in [5.41, 5.74) is 12.3. The van der Waals surface area contributed by atoms with Crippen molar-refractivity contribution in [2.75, 3.05) is 0 Å². The van der Waals surface area contributed by atoms with Gasteiger partial charge < -0.3 is 4.42 Å². The molecule has 0 unspecified atom stereocenters. The van der Waals surface area contributed by atoms with E-state index in [9.17, 15) is 0 Å². The third-order valence-corrected chi connectivity index (χ3v) is 6.68. The molecule has 1 heterocycles. The van der Waals surface area contributed by atoms with Crippen LogP contribution in [0.4, 0.5) is 0 Å². The molecule has 0 saturated heterocycles. The molecule has 0 saturated carbocycles. The van der Waals surface area contributed by atoms with Crippen molar-refractivity contribution in [2.45, 2.75) is 79.6 Å². The van der Waals surface area contributed by atoms with E-state index in [0.717, 1.165) is 17.9 Å². The molecule has 0 atom stereocenters. The van der Waals surface area contributed by atoms with Crippen LogP contribution in [0.25, 0.3) is 22.8 Å². The van der Waals surface area contributed by atoms with Crippen molar-refractivity contribution in [2.24, 2.45) is 0 Å². The minimum Gasteiger partial charge on any atom is -0.461 e. The minimum absolute atomic E-state index is 0.103. The Balaban J connectivity index is 1.92. The average Bonchev–Trinajstić information content (AvgIpc) is 3.23. The fraction of sp³-hybridized carbons (Fsp3) is 0.400. The SMILES string of the molecule is Cc1cc(C2=Cc3c(ccc(C)c3-c3cc(C(C)(C)C)cc(C(C)(C)C)c3)C2)oc1C. The van der Waals surface area contributed by atoms with Crippen molar-refractivity contribution in [3.05, 3.63) is 81.3 Å². The van der Waals surface area contributed by atoms with Crippen molar-refractivity contribution < 1.29 is 4.42 Å². The maximum Gasteiger partial charge on any atom is 0.130 e. The van der Waals surface area contributed by atoms with E-state index in [1.165, 1.54) is 50.1 Å². The first-order valence-corrected chi connectivity index (χ1v) is 11.4. The van der Waals surface area contributed by atoms with Gasteiger partial charge in [-0.1, -0.05) is 71.9 Å². The largest absolute Gasteiger partial charge is 0.461 e. The molecule has 0 bridgehead atoms. The van der Waals surface area contributed by atoms with Gasteiger partial charge in [0.25, 0.3) is 0 Å². The molecule has 2 aromatic carbocycles. The summed E-state index contributed by atoms with van der Waals surface area (Å²) in [7, 11) is 0. The van der Waals surface area contributed by atoms with Crippen LogP contribution in [0, 0.1) is 20.8 Å². The highest BCUT2D eigenvalue weighted by Gasteiger charge is 2.25. The summed E-state index contributed by atoms with van der Waals surface area (Å²) in [5, 5.41) is 0. The molecule has 1 heteroatoms. The van der Waals surface area contributed by atoms with Gasteiger partial charge in [-0.05, 0) is 93.8 Å². The van der Waals surface area contributed by atoms with E-state index in [0.29, 0.717) is 0 Å². The fourth-order valence-corrected chi connectivity index (χ4v) is 4.43. The van der Waals surface area contributed by atoms with Gasteiger partial charge in [-0.2, -0.15) is 0 Å². The molecule has 31 heavy (non-hydrogen) atoms. The number of aryl methyl sites for hydroxylation is 3. The molecule has 1 nitrogen and oxygen atoms in total. The van der Waals surface area contributed by atoms with Crippen LogP contribution in [0.1, 0.15) is 86.4 Å². The molecule has 0 radical (unpaired) electrons. The summed E-state index contributed by atoms with van der Waals surface area (Å²) < 4.78 is 6.06. The Bertz CT molecular complexity index is 1130. The Kier molecular flexibility index (Phi) is 5.08. The van der Waals surface area contributed by atoms with Gasteiger partial charge >= 0.3 is 0 Å². The lowest BCUT2D eigenvalue weighted by atomic mass is 9.78. The van der Waals surface area contributed by atoms with Crippen molar-refractivity contribution in [3.63, 3.8) is 0 Å². The van der Waals surface area contributed by atoms with Crippen LogP contribution < -0.4 is 0 Å². The molecular weight excluding hydrogens is 376 g/mol. The Labute approximate surface area is 188 Å². The molecule has 1 aliphatic carbocycles.